The van der Waals surface area contributed by atoms with Gasteiger partial charge in [0.15, 0.2) is 0 Å². The summed E-state index contributed by atoms with van der Waals surface area (Å²) in [6, 6.07) is 6.04. The Labute approximate surface area is 149 Å². The minimum Gasteiger partial charge on any atom is -0.475 e. The van der Waals surface area contributed by atoms with Crippen LogP contribution in [0.3, 0.4) is 0 Å². The van der Waals surface area contributed by atoms with E-state index in [0.717, 1.165) is 29.5 Å². The number of hydrogen-bond acceptors (Lipinski definition) is 4. The molecule has 0 radical (unpaired) electrons. The second-order valence-electron chi connectivity index (χ2n) is 5.82. The Hall–Kier alpha value is -2.74. The summed E-state index contributed by atoms with van der Waals surface area (Å²) in [5.41, 5.74) is 1.58. The van der Waals surface area contributed by atoms with Crippen LogP contribution in [0.1, 0.15) is 11.3 Å². The number of nitrogens with one attached hydrogen (secondary N) is 1. The van der Waals surface area contributed by atoms with Crippen LogP contribution in [0.5, 0.6) is 5.88 Å². The maximum absolute atomic E-state index is 13.7. The summed E-state index contributed by atoms with van der Waals surface area (Å²) in [5.74, 6) is -0.784. The number of methoxy groups -OCH3 is 1. The highest BCUT2D eigenvalue weighted by atomic mass is 19.1. The summed E-state index contributed by atoms with van der Waals surface area (Å²) in [5, 5.41) is 2.41. The van der Waals surface area contributed by atoms with Crippen LogP contribution in [0.2, 0.25) is 0 Å². The van der Waals surface area contributed by atoms with E-state index in [2.05, 4.69) is 10.3 Å². The van der Waals surface area contributed by atoms with Crippen LogP contribution in [0.15, 0.2) is 30.3 Å². The van der Waals surface area contributed by atoms with Crippen molar-refractivity contribution in [1.82, 2.24) is 9.88 Å². The third-order valence-corrected chi connectivity index (χ3v) is 4.02. The van der Waals surface area contributed by atoms with Crippen molar-refractivity contribution < 1.29 is 23.0 Å². The number of carbonyl (C=O) groups is 1. The number of urea groups is 1. The Bertz CT molecular complexity index is 801. The molecule has 138 valence electrons. The molecule has 2 aromatic rings. The first-order valence-electron chi connectivity index (χ1n) is 8.18. The van der Waals surface area contributed by atoms with Crippen LogP contribution >= 0.6 is 0 Å². The van der Waals surface area contributed by atoms with Crippen LogP contribution in [0, 0.1) is 11.6 Å². The van der Waals surface area contributed by atoms with Crippen LogP contribution in [0.4, 0.5) is 19.3 Å². The molecule has 0 bridgehead atoms. The van der Waals surface area contributed by atoms with Crippen molar-refractivity contribution >= 4 is 11.7 Å². The summed E-state index contributed by atoms with van der Waals surface area (Å²) in [4.78, 5) is 18.3. The van der Waals surface area contributed by atoms with Gasteiger partial charge in [-0.1, -0.05) is 6.07 Å². The number of amides is 2. The molecule has 3 rings (SSSR count). The van der Waals surface area contributed by atoms with Crippen molar-refractivity contribution in [3.05, 3.63) is 53.2 Å². The average molecular weight is 363 g/mol. The lowest BCUT2D eigenvalue weighted by Gasteiger charge is -2.28. The fourth-order valence-electron chi connectivity index (χ4n) is 2.67. The molecule has 1 aromatic carbocycles. The fraction of sp³-hybridized carbons (Fsp3) is 0.333. The van der Waals surface area contributed by atoms with E-state index in [4.69, 9.17) is 9.47 Å². The maximum Gasteiger partial charge on any atom is 0.322 e. The molecule has 0 saturated heterocycles. The summed E-state index contributed by atoms with van der Waals surface area (Å²) in [6.07, 6.45) is 0.551. The summed E-state index contributed by atoms with van der Waals surface area (Å²) in [6.45, 7) is 1.65. The molecule has 2 amide bonds. The Morgan fingerprint density at radius 2 is 2.12 bits per heavy atom. The van der Waals surface area contributed by atoms with Gasteiger partial charge in [0, 0.05) is 38.8 Å². The van der Waals surface area contributed by atoms with Gasteiger partial charge in [0.05, 0.1) is 18.0 Å². The van der Waals surface area contributed by atoms with Crippen molar-refractivity contribution in [2.45, 2.75) is 13.0 Å². The summed E-state index contributed by atoms with van der Waals surface area (Å²) >= 11 is 0. The highest BCUT2D eigenvalue weighted by molar-refractivity contribution is 5.89. The molecular weight excluding hydrogens is 344 g/mol. The Morgan fingerprint density at radius 3 is 2.92 bits per heavy atom. The molecule has 1 N–H and O–H groups in total. The molecule has 0 spiro atoms. The van der Waals surface area contributed by atoms with Gasteiger partial charge in [0.1, 0.15) is 18.2 Å². The van der Waals surface area contributed by atoms with Gasteiger partial charge in [-0.25, -0.2) is 18.6 Å². The molecule has 6 nitrogen and oxygen atoms in total. The Kier molecular flexibility index (Phi) is 5.62. The zero-order valence-electron chi connectivity index (χ0n) is 14.3. The lowest BCUT2D eigenvalue weighted by molar-refractivity contribution is 0.143. The van der Waals surface area contributed by atoms with E-state index in [9.17, 15) is 13.6 Å². The number of rotatable bonds is 5. The molecule has 1 aliphatic rings. The van der Waals surface area contributed by atoms with Crippen LogP contribution in [-0.4, -0.2) is 42.8 Å². The van der Waals surface area contributed by atoms with Gasteiger partial charge in [-0.05, 0) is 17.7 Å². The van der Waals surface area contributed by atoms with E-state index in [1.807, 2.05) is 6.07 Å². The molecule has 8 heteroatoms. The number of halogens is 2. The maximum atomic E-state index is 13.7. The first-order valence-corrected chi connectivity index (χ1v) is 8.18. The number of aromatic nitrogens is 1. The van der Waals surface area contributed by atoms with Gasteiger partial charge in [-0.15, -0.1) is 0 Å². The second kappa shape index (κ2) is 8.09. The van der Waals surface area contributed by atoms with Crippen molar-refractivity contribution in [1.29, 1.82) is 0 Å². The highest BCUT2D eigenvalue weighted by Crippen LogP contribution is 2.22. The van der Waals surface area contributed by atoms with Crippen molar-refractivity contribution in [3.63, 3.8) is 0 Å². The van der Waals surface area contributed by atoms with Gasteiger partial charge in [0.2, 0.25) is 5.88 Å². The molecule has 1 aromatic heterocycles. The molecule has 2 heterocycles. The number of pyridine rings is 1. The average Bonchev–Trinajstić information content (AvgIpc) is 2.64. The zero-order valence-corrected chi connectivity index (χ0v) is 14.3. The number of fused-ring (bicyclic) bond motifs is 1. The number of ether oxygens (including phenoxy) is 2. The molecule has 0 aliphatic carbocycles. The van der Waals surface area contributed by atoms with E-state index in [0.29, 0.717) is 38.6 Å². The van der Waals surface area contributed by atoms with Gasteiger partial charge >= 0.3 is 6.03 Å². The van der Waals surface area contributed by atoms with E-state index in [1.165, 1.54) is 4.90 Å². The normalized spacial score (nSPS) is 13.3. The predicted octanol–water partition coefficient (Wildman–Crippen LogP) is 2.98. The smallest absolute Gasteiger partial charge is 0.322 e. The topological polar surface area (TPSA) is 63.7 Å². The SMILES string of the molecule is COCCOc1ccc2c(n1)CCN(C(=O)Nc1cc(F)ccc1F)C2. The first-order chi connectivity index (χ1) is 12.6. The molecule has 0 atom stereocenters. The largest absolute Gasteiger partial charge is 0.475 e. The van der Waals surface area contributed by atoms with Gasteiger partial charge in [-0.2, -0.15) is 0 Å². The molecular formula is C18H19F2N3O3. The van der Waals surface area contributed by atoms with E-state index in [1.54, 1.807) is 13.2 Å². The number of benzene rings is 1. The second-order valence-corrected chi connectivity index (χ2v) is 5.82. The van der Waals surface area contributed by atoms with Gasteiger partial charge in [-0.3, -0.25) is 0 Å². The third kappa shape index (κ3) is 4.26. The quantitative estimate of drug-likeness (QED) is 0.830. The molecule has 0 fully saturated rings. The lowest BCUT2D eigenvalue weighted by Crippen LogP contribution is -2.39. The zero-order chi connectivity index (χ0) is 18.5. The van der Waals surface area contributed by atoms with E-state index < -0.39 is 17.7 Å². The minimum atomic E-state index is -0.684. The van der Waals surface area contributed by atoms with E-state index >= 15 is 0 Å². The number of hydrogen-bond donors (Lipinski definition) is 1. The highest BCUT2D eigenvalue weighted by Gasteiger charge is 2.23. The van der Waals surface area contributed by atoms with Crippen LogP contribution in [-0.2, 0) is 17.7 Å². The van der Waals surface area contributed by atoms with Crippen molar-refractivity contribution in [2.75, 3.05) is 32.2 Å². The van der Waals surface area contributed by atoms with Gasteiger partial charge < -0.3 is 19.7 Å². The monoisotopic (exact) mass is 363 g/mol. The number of anilines is 1. The first kappa shape index (κ1) is 18.1. The summed E-state index contributed by atoms with van der Waals surface area (Å²) < 4.78 is 37.3. The number of carbonyl (C=O) groups excluding carboxylic acids is 1. The van der Waals surface area contributed by atoms with Gasteiger partial charge in [0.25, 0.3) is 0 Å². The predicted molar refractivity (Wildman–Crippen MR) is 91.1 cm³/mol. The molecule has 0 unspecified atom stereocenters. The Morgan fingerprint density at radius 1 is 1.27 bits per heavy atom. The van der Waals surface area contributed by atoms with Crippen LogP contribution in [0.25, 0.3) is 0 Å². The molecule has 1 aliphatic heterocycles. The number of nitrogens with zero attached hydrogens (tertiary/aromatic N) is 2. The Balaban J connectivity index is 1.64. The molecule has 0 saturated carbocycles. The fourth-order valence-corrected chi connectivity index (χ4v) is 2.67. The van der Waals surface area contributed by atoms with Crippen molar-refractivity contribution in [2.24, 2.45) is 0 Å². The third-order valence-electron chi connectivity index (χ3n) is 4.02. The lowest BCUT2D eigenvalue weighted by atomic mass is 10.1. The molecule has 26 heavy (non-hydrogen) atoms. The minimum absolute atomic E-state index is 0.180. The van der Waals surface area contributed by atoms with E-state index in [-0.39, 0.29) is 5.69 Å². The standard InChI is InChI=1S/C18H19F2N3O3/c1-25-8-9-26-17-5-2-12-11-23(7-6-15(12)21-17)18(24)22-16-10-13(19)3-4-14(16)20/h2-5,10H,6-9,11H2,1H3,(H,22,24). The summed E-state index contributed by atoms with van der Waals surface area (Å²) in [7, 11) is 1.60. The van der Waals surface area contributed by atoms with Crippen LogP contribution < -0.4 is 10.1 Å². The van der Waals surface area contributed by atoms with Crippen molar-refractivity contribution in [3.8, 4) is 5.88 Å².